The lowest BCUT2D eigenvalue weighted by molar-refractivity contribution is 0.575. The molecule has 1 fully saturated rings. The van der Waals surface area contributed by atoms with Crippen molar-refractivity contribution in [3.8, 4) is 6.57 Å². The van der Waals surface area contributed by atoms with Crippen LogP contribution >= 0.6 is 0 Å². The molecule has 0 aromatic carbocycles. The van der Waals surface area contributed by atoms with Gasteiger partial charge in [-0.25, -0.2) is 5.26 Å². The highest BCUT2D eigenvalue weighted by Crippen LogP contribution is 2.25. The monoisotopic (exact) mass is 245 g/mol. The van der Waals surface area contributed by atoms with Crippen LogP contribution in [0.4, 0.5) is 11.8 Å². The number of anilines is 2. The second-order valence-electron chi connectivity index (χ2n) is 4.09. The molecule has 0 spiro atoms. The number of nitrogens with one attached hydrogen (secondary N) is 1. The van der Waals surface area contributed by atoms with E-state index in [1.807, 2.05) is 0 Å². The number of H-pyrrole nitrogens is 1. The molecule has 7 nitrogen and oxygen atoms in total. The summed E-state index contributed by atoms with van der Waals surface area (Å²) in [5, 5.41) is 14.3. The van der Waals surface area contributed by atoms with Crippen molar-refractivity contribution < 1.29 is 0 Å². The van der Waals surface area contributed by atoms with Crippen molar-refractivity contribution in [2.75, 3.05) is 23.7 Å². The van der Waals surface area contributed by atoms with Gasteiger partial charge in [0.15, 0.2) is 5.65 Å². The van der Waals surface area contributed by atoms with Gasteiger partial charge in [-0.3, -0.25) is 5.10 Å². The molecule has 1 aliphatic heterocycles. The summed E-state index contributed by atoms with van der Waals surface area (Å²) in [6.45, 7) is 5.58. The van der Waals surface area contributed by atoms with E-state index in [9.17, 15) is 0 Å². The number of rotatable bonds is 1. The van der Waals surface area contributed by atoms with Gasteiger partial charge in [0, 0.05) is 19.7 Å². The SMILES string of the molecule is C#N.Nc1nc(N2CCCCC2)c2cn[nH]c2n1. The van der Waals surface area contributed by atoms with Crippen LogP contribution in [-0.4, -0.2) is 33.3 Å². The minimum absolute atomic E-state index is 0.303. The Morgan fingerprint density at radius 1 is 1.22 bits per heavy atom. The van der Waals surface area contributed by atoms with Crippen LogP contribution in [0.5, 0.6) is 0 Å². The van der Waals surface area contributed by atoms with Gasteiger partial charge in [-0.1, -0.05) is 0 Å². The van der Waals surface area contributed by atoms with Crippen molar-refractivity contribution >= 4 is 22.8 Å². The lowest BCUT2D eigenvalue weighted by Gasteiger charge is -2.27. The van der Waals surface area contributed by atoms with Gasteiger partial charge >= 0.3 is 0 Å². The van der Waals surface area contributed by atoms with Crippen molar-refractivity contribution in [2.24, 2.45) is 0 Å². The Hall–Kier alpha value is -2.36. The van der Waals surface area contributed by atoms with E-state index in [1.54, 1.807) is 6.20 Å². The molecule has 18 heavy (non-hydrogen) atoms. The molecule has 2 aromatic rings. The van der Waals surface area contributed by atoms with Crippen LogP contribution in [0, 0.1) is 11.8 Å². The van der Waals surface area contributed by atoms with Crippen LogP contribution in [0.1, 0.15) is 19.3 Å². The van der Waals surface area contributed by atoms with Crippen LogP contribution in [0.15, 0.2) is 6.20 Å². The zero-order chi connectivity index (χ0) is 13.0. The summed E-state index contributed by atoms with van der Waals surface area (Å²) >= 11 is 0. The van der Waals surface area contributed by atoms with Crippen LogP contribution < -0.4 is 10.6 Å². The van der Waals surface area contributed by atoms with E-state index in [1.165, 1.54) is 19.3 Å². The van der Waals surface area contributed by atoms with Gasteiger partial charge in [0.2, 0.25) is 5.95 Å². The maximum atomic E-state index is 6.50. The second-order valence-corrected chi connectivity index (χ2v) is 4.09. The molecule has 3 rings (SSSR count). The highest BCUT2D eigenvalue weighted by molar-refractivity contribution is 5.87. The fourth-order valence-corrected chi connectivity index (χ4v) is 2.18. The number of hydrogen-bond donors (Lipinski definition) is 2. The average Bonchev–Trinajstić information content (AvgIpc) is 2.89. The largest absolute Gasteiger partial charge is 0.368 e. The number of nitrogen functional groups attached to an aromatic ring is 1. The number of aromatic nitrogens is 4. The van der Waals surface area contributed by atoms with Crippen LogP contribution in [-0.2, 0) is 0 Å². The minimum atomic E-state index is 0.303. The number of nitrogens with zero attached hydrogens (tertiary/aromatic N) is 5. The number of aromatic amines is 1. The zero-order valence-corrected chi connectivity index (χ0v) is 10.0. The van der Waals surface area contributed by atoms with E-state index in [4.69, 9.17) is 11.0 Å². The third-order valence-electron chi connectivity index (χ3n) is 2.96. The standard InChI is InChI=1S/C10H14N6.CHN/c11-10-13-8-7(6-12-15-8)9(14-10)16-4-2-1-3-5-16;1-2/h6H,1-5H2,(H3,11,12,13,14,15);1H. The number of nitriles is 1. The van der Waals surface area contributed by atoms with Gasteiger partial charge in [0.05, 0.1) is 11.6 Å². The third-order valence-corrected chi connectivity index (χ3v) is 2.96. The molecule has 0 bridgehead atoms. The van der Waals surface area contributed by atoms with Crippen molar-refractivity contribution in [3.05, 3.63) is 6.20 Å². The lowest BCUT2D eigenvalue weighted by Crippen LogP contribution is -2.30. The van der Waals surface area contributed by atoms with E-state index in [-0.39, 0.29) is 0 Å². The third kappa shape index (κ3) is 2.18. The second kappa shape index (κ2) is 5.31. The summed E-state index contributed by atoms with van der Waals surface area (Å²) in [7, 11) is 0. The topological polar surface area (TPSA) is 108 Å². The minimum Gasteiger partial charge on any atom is -0.368 e. The molecule has 1 aliphatic rings. The summed E-state index contributed by atoms with van der Waals surface area (Å²) in [6, 6.07) is 0. The highest BCUT2D eigenvalue weighted by atomic mass is 15.2. The molecule has 2 aromatic heterocycles. The normalized spacial score (nSPS) is 15.1. The molecule has 94 valence electrons. The first-order chi connectivity index (χ1) is 8.84. The summed E-state index contributed by atoms with van der Waals surface area (Å²) in [5.74, 6) is 1.22. The van der Waals surface area contributed by atoms with Gasteiger partial charge in [-0.15, -0.1) is 0 Å². The zero-order valence-electron chi connectivity index (χ0n) is 10.0. The van der Waals surface area contributed by atoms with Crippen molar-refractivity contribution in [2.45, 2.75) is 19.3 Å². The summed E-state index contributed by atoms with van der Waals surface area (Å²) in [6.07, 6.45) is 5.48. The Morgan fingerprint density at radius 2 is 1.94 bits per heavy atom. The van der Waals surface area contributed by atoms with Gasteiger partial charge in [-0.05, 0) is 19.3 Å². The van der Waals surface area contributed by atoms with E-state index in [0.29, 0.717) is 11.6 Å². The van der Waals surface area contributed by atoms with E-state index >= 15 is 0 Å². The predicted octanol–water partition coefficient (Wildman–Crippen LogP) is 1.07. The first-order valence-electron chi connectivity index (χ1n) is 5.82. The van der Waals surface area contributed by atoms with Crippen LogP contribution in [0.25, 0.3) is 11.0 Å². The molecule has 0 unspecified atom stereocenters. The average molecular weight is 245 g/mol. The molecular weight excluding hydrogens is 230 g/mol. The maximum absolute atomic E-state index is 6.50. The van der Waals surface area contributed by atoms with Crippen molar-refractivity contribution in [1.82, 2.24) is 20.2 Å². The Morgan fingerprint density at radius 3 is 2.67 bits per heavy atom. The van der Waals surface area contributed by atoms with Gasteiger partial charge in [0.1, 0.15) is 5.82 Å². The molecule has 0 aliphatic carbocycles. The number of nitrogens with two attached hydrogens (primary N) is 1. The predicted molar refractivity (Wildman–Crippen MR) is 68.8 cm³/mol. The molecule has 7 heteroatoms. The maximum Gasteiger partial charge on any atom is 0.224 e. The van der Waals surface area contributed by atoms with Gasteiger partial charge in [0.25, 0.3) is 0 Å². The summed E-state index contributed by atoms with van der Waals surface area (Å²) in [5.41, 5.74) is 6.41. The fraction of sp³-hybridized carbons (Fsp3) is 0.455. The first-order valence-corrected chi connectivity index (χ1v) is 5.82. The van der Waals surface area contributed by atoms with Crippen molar-refractivity contribution in [3.63, 3.8) is 0 Å². The number of piperidine rings is 1. The molecule has 3 heterocycles. The Balaban J connectivity index is 0.000000574. The lowest BCUT2D eigenvalue weighted by atomic mass is 10.1. The molecule has 0 amide bonds. The van der Waals surface area contributed by atoms with E-state index in [2.05, 4.69) is 31.6 Å². The Bertz CT molecular complexity index is 539. The fourth-order valence-electron chi connectivity index (χ4n) is 2.18. The summed E-state index contributed by atoms with van der Waals surface area (Å²) in [4.78, 5) is 10.7. The molecule has 1 saturated heterocycles. The smallest absolute Gasteiger partial charge is 0.224 e. The van der Waals surface area contributed by atoms with Crippen LogP contribution in [0.3, 0.4) is 0 Å². The quantitative estimate of drug-likeness (QED) is 0.778. The molecule has 3 N–H and O–H groups in total. The molecule has 0 radical (unpaired) electrons. The van der Waals surface area contributed by atoms with Crippen molar-refractivity contribution in [1.29, 1.82) is 5.26 Å². The van der Waals surface area contributed by atoms with E-state index in [0.717, 1.165) is 24.3 Å². The molecule has 0 saturated carbocycles. The first kappa shape index (κ1) is 12.1. The highest BCUT2D eigenvalue weighted by Gasteiger charge is 2.17. The summed E-state index contributed by atoms with van der Waals surface area (Å²) < 4.78 is 0. The number of fused-ring (bicyclic) bond motifs is 1. The van der Waals surface area contributed by atoms with E-state index < -0.39 is 0 Å². The number of hydrogen-bond acceptors (Lipinski definition) is 6. The molecular formula is C11H15N7. The van der Waals surface area contributed by atoms with Gasteiger partial charge in [-0.2, -0.15) is 15.1 Å². The molecule has 0 atom stereocenters. The Kier molecular flexibility index (Phi) is 3.57. The van der Waals surface area contributed by atoms with Gasteiger partial charge < -0.3 is 10.6 Å². The Labute approximate surface area is 105 Å². The van der Waals surface area contributed by atoms with Crippen LogP contribution in [0.2, 0.25) is 0 Å².